The number of carbonyl (C=O) groups is 2. The lowest BCUT2D eigenvalue weighted by molar-refractivity contribution is 0.0996. The van der Waals surface area contributed by atoms with E-state index in [2.05, 4.69) is 21.2 Å². The largest absolute Gasteiger partial charge is 0.366 e. The van der Waals surface area contributed by atoms with Crippen molar-refractivity contribution in [3.05, 3.63) is 62.0 Å². The number of benzene rings is 2. The third-order valence-electron chi connectivity index (χ3n) is 2.67. The van der Waals surface area contributed by atoms with Gasteiger partial charge in [-0.3, -0.25) is 9.59 Å². The van der Waals surface area contributed by atoms with Crippen LogP contribution in [0.1, 0.15) is 20.7 Å². The van der Waals surface area contributed by atoms with Crippen LogP contribution in [0, 0.1) is 0 Å². The fraction of sp³-hybridized carbons (Fsp3) is 0. The van der Waals surface area contributed by atoms with Crippen LogP contribution in [0.2, 0.25) is 10.0 Å². The summed E-state index contributed by atoms with van der Waals surface area (Å²) in [4.78, 5) is 23.4. The molecule has 0 aliphatic heterocycles. The van der Waals surface area contributed by atoms with Gasteiger partial charge in [0.25, 0.3) is 5.91 Å². The first-order valence-electron chi connectivity index (χ1n) is 5.74. The predicted molar refractivity (Wildman–Crippen MR) is 87.1 cm³/mol. The Hall–Kier alpha value is -1.56. The Labute approximate surface area is 139 Å². The summed E-state index contributed by atoms with van der Waals surface area (Å²) in [6, 6.07) is 9.19. The van der Waals surface area contributed by atoms with Crippen molar-refractivity contribution in [2.45, 2.75) is 0 Å². The fourth-order valence-corrected chi connectivity index (χ4v) is 2.67. The first-order valence-corrected chi connectivity index (χ1v) is 7.29. The second-order valence-corrected chi connectivity index (χ2v) is 5.84. The molecule has 0 bridgehead atoms. The number of rotatable bonds is 3. The van der Waals surface area contributed by atoms with Crippen LogP contribution in [0.15, 0.2) is 40.9 Å². The van der Waals surface area contributed by atoms with Crippen molar-refractivity contribution in [1.29, 1.82) is 0 Å². The minimum Gasteiger partial charge on any atom is -0.366 e. The topological polar surface area (TPSA) is 72.2 Å². The summed E-state index contributed by atoms with van der Waals surface area (Å²) in [5.74, 6) is -0.989. The molecule has 0 aromatic heterocycles. The van der Waals surface area contributed by atoms with E-state index in [9.17, 15) is 9.59 Å². The molecule has 2 aromatic rings. The summed E-state index contributed by atoms with van der Waals surface area (Å²) in [5.41, 5.74) is 6.15. The molecule has 0 atom stereocenters. The number of nitrogens with one attached hydrogen (secondary N) is 1. The molecule has 3 N–H and O–H groups in total. The smallest absolute Gasteiger partial charge is 0.256 e. The molecule has 108 valence electrons. The van der Waals surface area contributed by atoms with E-state index in [1.165, 1.54) is 18.2 Å². The summed E-state index contributed by atoms with van der Waals surface area (Å²) in [6.45, 7) is 0. The number of halogens is 3. The third kappa shape index (κ3) is 3.75. The number of nitrogens with two attached hydrogens (primary N) is 1. The maximum Gasteiger partial charge on any atom is 0.256 e. The highest BCUT2D eigenvalue weighted by molar-refractivity contribution is 9.10. The molecule has 7 heteroatoms. The number of carbonyl (C=O) groups excluding carboxylic acids is 2. The van der Waals surface area contributed by atoms with Crippen molar-refractivity contribution in [1.82, 2.24) is 0 Å². The number of hydrogen-bond donors (Lipinski definition) is 2. The van der Waals surface area contributed by atoms with Gasteiger partial charge in [0.15, 0.2) is 0 Å². The minimum absolute atomic E-state index is 0.255. The van der Waals surface area contributed by atoms with Gasteiger partial charge in [-0.05, 0) is 52.3 Å². The molecule has 0 aliphatic rings. The van der Waals surface area contributed by atoms with E-state index >= 15 is 0 Å². The molecule has 0 saturated carbocycles. The van der Waals surface area contributed by atoms with Crippen LogP contribution in [-0.4, -0.2) is 11.8 Å². The van der Waals surface area contributed by atoms with E-state index in [4.69, 9.17) is 28.9 Å². The van der Waals surface area contributed by atoms with E-state index in [1.807, 2.05) is 0 Å². The van der Waals surface area contributed by atoms with Crippen LogP contribution in [0.3, 0.4) is 0 Å². The molecular formula is C14H9BrCl2N2O2. The van der Waals surface area contributed by atoms with Crippen molar-refractivity contribution in [3.63, 3.8) is 0 Å². The zero-order valence-corrected chi connectivity index (χ0v) is 13.6. The van der Waals surface area contributed by atoms with Gasteiger partial charge in [0.2, 0.25) is 5.91 Å². The Morgan fingerprint density at radius 3 is 2.43 bits per heavy atom. The molecule has 0 spiro atoms. The van der Waals surface area contributed by atoms with Crippen molar-refractivity contribution in [3.8, 4) is 0 Å². The summed E-state index contributed by atoms with van der Waals surface area (Å²) >= 11 is 15.1. The molecule has 4 nitrogen and oxygen atoms in total. The second kappa shape index (κ2) is 6.47. The van der Waals surface area contributed by atoms with Crippen molar-refractivity contribution < 1.29 is 9.59 Å². The second-order valence-electron chi connectivity index (χ2n) is 4.14. The van der Waals surface area contributed by atoms with E-state index < -0.39 is 5.91 Å². The maximum absolute atomic E-state index is 12.2. The molecule has 0 heterocycles. The molecule has 0 unspecified atom stereocenters. The molecule has 0 saturated heterocycles. The van der Waals surface area contributed by atoms with E-state index in [0.29, 0.717) is 25.8 Å². The molecule has 0 radical (unpaired) electrons. The van der Waals surface area contributed by atoms with Crippen LogP contribution in [-0.2, 0) is 0 Å². The first kappa shape index (κ1) is 15.8. The lowest BCUT2D eigenvalue weighted by Gasteiger charge is -2.10. The minimum atomic E-state index is -0.602. The van der Waals surface area contributed by atoms with E-state index in [0.717, 1.165) is 0 Å². The highest BCUT2D eigenvalue weighted by Crippen LogP contribution is 2.26. The van der Waals surface area contributed by atoms with Crippen molar-refractivity contribution in [2.75, 3.05) is 5.32 Å². The maximum atomic E-state index is 12.2. The first-order chi connectivity index (χ1) is 9.88. The van der Waals surface area contributed by atoms with E-state index in [1.54, 1.807) is 18.2 Å². The Bertz CT molecular complexity index is 735. The normalized spacial score (nSPS) is 10.2. The van der Waals surface area contributed by atoms with Gasteiger partial charge in [0, 0.05) is 15.1 Å². The molecule has 0 aliphatic carbocycles. The van der Waals surface area contributed by atoms with Gasteiger partial charge in [0.1, 0.15) is 0 Å². The van der Waals surface area contributed by atoms with Gasteiger partial charge in [-0.15, -0.1) is 0 Å². The standard InChI is InChI=1S/C14H9BrCl2N2O2/c15-10-6-8(16)2-3-9(10)14(21)19-12-5-7(13(18)20)1-4-11(12)17/h1-6H,(H2,18,20)(H,19,21). The lowest BCUT2D eigenvalue weighted by Crippen LogP contribution is -2.15. The molecule has 2 amide bonds. The highest BCUT2D eigenvalue weighted by atomic mass is 79.9. The Kier molecular flexibility index (Phi) is 4.88. The summed E-state index contributed by atoms with van der Waals surface area (Å²) in [5, 5.41) is 3.44. The fourth-order valence-electron chi connectivity index (χ4n) is 1.64. The van der Waals surface area contributed by atoms with Crippen LogP contribution in [0.5, 0.6) is 0 Å². The lowest BCUT2D eigenvalue weighted by atomic mass is 10.1. The van der Waals surface area contributed by atoms with Gasteiger partial charge < -0.3 is 11.1 Å². The molecule has 21 heavy (non-hydrogen) atoms. The average Bonchev–Trinajstić information content (AvgIpc) is 2.40. The number of anilines is 1. The SMILES string of the molecule is NC(=O)c1ccc(Cl)c(NC(=O)c2ccc(Cl)cc2Br)c1. The molecule has 0 fully saturated rings. The predicted octanol–water partition coefficient (Wildman–Crippen LogP) is 4.11. The average molecular weight is 388 g/mol. The highest BCUT2D eigenvalue weighted by Gasteiger charge is 2.13. The van der Waals surface area contributed by atoms with Crippen molar-refractivity contribution in [2.24, 2.45) is 5.73 Å². The zero-order chi connectivity index (χ0) is 15.6. The molecule has 2 aromatic carbocycles. The Morgan fingerprint density at radius 1 is 1.10 bits per heavy atom. The van der Waals surface area contributed by atoms with Crippen LogP contribution in [0.25, 0.3) is 0 Å². The monoisotopic (exact) mass is 386 g/mol. The molecular weight excluding hydrogens is 379 g/mol. The Balaban J connectivity index is 2.31. The van der Waals surface area contributed by atoms with Gasteiger partial charge in [-0.2, -0.15) is 0 Å². The van der Waals surface area contributed by atoms with Crippen LogP contribution in [0.4, 0.5) is 5.69 Å². The van der Waals surface area contributed by atoms with Gasteiger partial charge >= 0.3 is 0 Å². The summed E-state index contributed by atoms with van der Waals surface area (Å²) in [6.07, 6.45) is 0. The quantitative estimate of drug-likeness (QED) is 0.831. The molecule has 2 rings (SSSR count). The Morgan fingerprint density at radius 2 is 1.81 bits per heavy atom. The van der Waals surface area contributed by atoms with Crippen LogP contribution < -0.4 is 11.1 Å². The van der Waals surface area contributed by atoms with Crippen molar-refractivity contribution >= 4 is 56.6 Å². The summed E-state index contributed by atoms with van der Waals surface area (Å²) in [7, 11) is 0. The van der Waals surface area contributed by atoms with E-state index in [-0.39, 0.29) is 11.5 Å². The van der Waals surface area contributed by atoms with Gasteiger partial charge in [-0.1, -0.05) is 23.2 Å². The summed E-state index contributed by atoms with van der Waals surface area (Å²) < 4.78 is 0.551. The number of primary amides is 1. The van der Waals surface area contributed by atoms with Crippen LogP contribution >= 0.6 is 39.1 Å². The third-order valence-corrected chi connectivity index (χ3v) is 3.90. The van der Waals surface area contributed by atoms with Gasteiger partial charge in [0.05, 0.1) is 16.3 Å². The number of amides is 2. The zero-order valence-electron chi connectivity index (χ0n) is 10.5. The number of hydrogen-bond acceptors (Lipinski definition) is 2. The van der Waals surface area contributed by atoms with Gasteiger partial charge in [-0.25, -0.2) is 0 Å².